The average Bonchev–Trinajstić information content (AvgIpc) is 2.37. The SMILES string of the molecule is C[C@H]1CN(CC(=O)NCc2ccc(Cl)cc2)C[C@H](C)O1. The summed E-state index contributed by atoms with van der Waals surface area (Å²) in [5, 5.41) is 3.64. The molecule has 1 saturated heterocycles. The third-order valence-corrected chi connectivity index (χ3v) is 3.52. The fraction of sp³-hybridized carbons (Fsp3) is 0.533. The van der Waals surface area contributed by atoms with Crippen molar-refractivity contribution in [2.75, 3.05) is 19.6 Å². The van der Waals surface area contributed by atoms with Crippen LogP contribution in [0.1, 0.15) is 19.4 Å². The van der Waals surface area contributed by atoms with Gasteiger partial charge in [-0.25, -0.2) is 0 Å². The van der Waals surface area contributed by atoms with Crippen molar-refractivity contribution in [1.29, 1.82) is 0 Å². The highest BCUT2D eigenvalue weighted by Crippen LogP contribution is 2.11. The number of hydrogen-bond acceptors (Lipinski definition) is 3. The first kappa shape index (κ1) is 15.3. The third kappa shape index (κ3) is 4.78. The molecule has 110 valence electrons. The first-order valence-corrected chi connectivity index (χ1v) is 7.29. The Hall–Kier alpha value is -1.10. The predicted molar refractivity (Wildman–Crippen MR) is 79.7 cm³/mol. The van der Waals surface area contributed by atoms with Gasteiger partial charge in [-0.3, -0.25) is 9.69 Å². The van der Waals surface area contributed by atoms with E-state index < -0.39 is 0 Å². The fourth-order valence-electron chi connectivity index (χ4n) is 2.48. The predicted octanol–water partition coefficient (Wildman–Crippen LogP) is 2.07. The van der Waals surface area contributed by atoms with Crippen LogP contribution in [0.4, 0.5) is 0 Å². The molecule has 1 fully saturated rings. The summed E-state index contributed by atoms with van der Waals surface area (Å²) in [5.41, 5.74) is 1.05. The first-order chi connectivity index (χ1) is 9.52. The molecule has 1 aliphatic heterocycles. The highest BCUT2D eigenvalue weighted by molar-refractivity contribution is 6.30. The van der Waals surface area contributed by atoms with E-state index in [1.807, 2.05) is 38.1 Å². The summed E-state index contributed by atoms with van der Waals surface area (Å²) in [5.74, 6) is 0.0428. The molecule has 1 aromatic carbocycles. The van der Waals surface area contributed by atoms with Crippen molar-refractivity contribution >= 4 is 17.5 Å². The van der Waals surface area contributed by atoms with Crippen LogP contribution in [0.3, 0.4) is 0 Å². The number of benzene rings is 1. The Morgan fingerprint density at radius 2 is 1.90 bits per heavy atom. The van der Waals surface area contributed by atoms with Crippen LogP contribution < -0.4 is 5.32 Å². The first-order valence-electron chi connectivity index (χ1n) is 6.92. The molecule has 0 bridgehead atoms. The zero-order valence-corrected chi connectivity index (χ0v) is 12.7. The zero-order valence-electron chi connectivity index (χ0n) is 11.9. The van der Waals surface area contributed by atoms with Crippen LogP contribution in [0, 0.1) is 0 Å². The van der Waals surface area contributed by atoms with E-state index in [9.17, 15) is 4.79 Å². The molecule has 0 aromatic heterocycles. The highest BCUT2D eigenvalue weighted by Gasteiger charge is 2.23. The molecule has 2 atom stereocenters. The molecule has 1 aliphatic rings. The molecule has 0 radical (unpaired) electrons. The molecule has 0 spiro atoms. The topological polar surface area (TPSA) is 41.6 Å². The molecule has 4 nitrogen and oxygen atoms in total. The molecular weight excluding hydrogens is 276 g/mol. The van der Waals surface area contributed by atoms with Gasteiger partial charge in [0, 0.05) is 24.7 Å². The Balaban J connectivity index is 1.76. The Bertz CT molecular complexity index is 440. The fourth-order valence-corrected chi connectivity index (χ4v) is 2.60. The summed E-state index contributed by atoms with van der Waals surface area (Å²) < 4.78 is 5.65. The van der Waals surface area contributed by atoms with Gasteiger partial charge in [0.15, 0.2) is 0 Å². The van der Waals surface area contributed by atoms with Gasteiger partial charge in [0.2, 0.25) is 5.91 Å². The molecule has 1 heterocycles. The van der Waals surface area contributed by atoms with Gasteiger partial charge in [0.25, 0.3) is 0 Å². The maximum Gasteiger partial charge on any atom is 0.234 e. The molecule has 1 amide bonds. The second-order valence-electron chi connectivity index (χ2n) is 5.35. The van der Waals surface area contributed by atoms with Crippen molar-refractivity contribution in [3.63, 3.8) is 0 Å². The lowest BCUT2D eigenvalue weighted by molar-refractivity contribution is -0.126. The normalized spacial score (nSPS) is 23.6. The summed E-state index contributed by atoms with van der Waals surface area (Å²) in [6.07, 6.45) is 0.366. The summed E-state index contributed by atoms with van der Waals surface area (Å²) in [4.78, 5) is 14.1. The number of rotatable bonds is 4. The lowest BCUT2D eigenvalue weighted by Gasteiger charge is -2.34. The monoisotopic (exact) mass is 296 g/mol. The van der Waals surface area contributed by atoms with Gasteiger partial charge in [0.1, 0.15) is 0 Å². The molecule has 5 heteroatoms. The molecule has 0 unspecified atom stereocenters. The molecular formula is C15H21ClN2O2. The van der Waals surface area contributed by atoms with Crippen LogP contribution in [-0.2, 0) is 16.1 Å². The lowest BCUT2D eigenvalue weighted by Crippen LogP contribution is -2.49. The maximum atomic E-state index is 11.9. The molecule has 2 rings (SSSR count). The molecule has 1 N–H and O–H groups in total. The van der Waals surface area contributed by atoms with Crippen molar-refractivity contribution in [2.45, 2.75) is 32.6 Å². The van der Waals surface area contributed by atoms with Gasteiger partial charge in [-0.15, -0.1) is 0 Å². The summed E-state index contributed by atoms with van der Waals surface area (Å²) >= 11 is 5.82. The second kappa shape index (κ2) is 7.07. The zero-order chi connectivity index (χ0) is 14.5. The van der Waals surface area contributed by atoms with Crippen molar-refractivity contribution in [3.05, 3.63) is 34.9 Å². The van der Waals surface area contributed by atoms with E-state index in [1.54, 1.807) is 0 Å². The van der Waals surface area contributed by atoms with Crippen LogP contribution in [-0.4, -0.2) is 42.6 Å². The number of morpholine rings is 1. The van der Waals surface area contributed by atoms with Crippen LogP contribution in [0.2, 0.25) is 5.02 Å². The number of nitrogens with zero attached hydrogens (tertiary/aromatic N) is 1. The minimum absolute atomic E-state index is 0.0428. The van der Waals surface area contributed by atoms with Gasteiger partial charge in [-0.2, -0.15) is 0 Å². The van der Waals surface area contributed by atoms with Crippen LogP contribution >= 0.6 is 11.6 Å². The number of nitrogens with one attached hydrogen (secondary N) is 1. The summed E-state index contributed by atoms with van der Waals surface area (Å²) in [6, 6.07) is 7.49. The molecule has 0 aliphatic carbocycles. The van der Waals surface area contributed by atoms with E-state index >= 15 is 0 Å². The summed E-state index contributed by atoms with van der Waals surface area (Å²) in [6.45, 7) is 6.64. The van der Waals surface area contributed by atoms with Gasteiger partial charge >= 0.3 is 0 Å². The Labute approximate surface area is 125 Å². The van der Waals surface area contributed by atoms with Crippen LogP contribution in [0.15, 0.2) is 24.3 Å². The van der Waals surface area contributed by atoms with Crippen molar-refractivity contribution in [2.24, 2.45) is 0 Å². The molecule has 20 heavy (non-hydrogen) atoms. The number of ether oxygens (including phenoxy) is 1. The van der Waals surface area contributed by atoms with Crippen molar-refractivity contribution < 1.29 is 9.53 Å². The number of hydrogen-bond donors (Lipinski definition) is 1. The number of carbonyl (C=O) groups excluding carboxylic acids is 1. The van der Waals surface area contributed by atoms with Gasteiger partial charge in [0.05, 0.1) is 18.8 Å². The second-order valence-corrected chi connectivity index (χ2v) is 5.79. The van der Waals surface area contributed by atoms with E-state index in [4.69, 9.17) is 16.3 Å². The molecule has 1 aromatic rings. The Morgan fingerprint density at radius 3 is 2.50 bits per heavy atom. The van der Waals surface area contributed by atoms with E-state index in [2.05, 4.69) is 10.2 Å². The average molecular weight is 297 g/mol. The standard InChI is InChI=1S/C15H21ClN2O2/c1-11-8-18(9-12(2)20-11)10-15(19)17-7-13-3-5-14(16)6-4-13/h3-6,11-12H,7-10H2,1-2H3,(H,17,19)/t11-,12-/m0/s1. The van der Waals surface area contributed by atoms with Crippen LogP contribution in [0.5, 0.6) is 0 Å². The number of carbonyl (C=O) groups is 1. The Morgan fingerprint density at radius 1 is 1.30 bits per heavy atom. The van der Waals surface area contributed by atoms with Gasteiger partial charge < -0.3 is 10.1 Å². The van der Waals surface area contributed by atoms with Gasteiger partial charge in [-0.05, 0) is 31.5 Å². The highest BCUT2D eigenvalue weighted by atomic mass is 35.5. The van der Waals surface area contributed by atoms with E-state index in [-0.39, 0.29) is 18.1 Å². The van der Waals surface area contributed by atoms with Crippen molar-refractivity contribution in [3.8, 4) is 0 Å². The van der Waals surface area contributed by atoms with E-state index in [0.29, 0.717) is 18.1 Å². The summed E-state index contributed by atoms with van der Waals surface area (Å²) in [7, 11) is 0. The lowest BCUT2D eigenvalue weighted by atomic mass is 10.2. The maximum absolute atomic E-state index is 11.9. The quantitative estimate of drug-likeness (QED) is 0.925. The minimum Gasteiger partial charge on any atom is -0.373 e. The third-order valence-electron chi connectivity index (χ3n) is 3.27. The smallest absolute Gasteiger partial charge is 0.234 e. The van der Waals surface area contributed by atoms with Gasteiger partial charge in [-0.1, -0.05) is 23.7 Å². The Kier molecular flexibility index (Phi) is 5.40. The van der Waals surface area contributed by atoms with Crippen LogP contribution in [0.25, 0.3) is 0 Å². The van der Waals surface area contributed by atoms with E-state index in [0.717, 1.165) is 18.7 Å². The number of amides is 1. The van der Waals surface area contributed by atoms with Crippen molar-refractivity contribution in [1.82, 2.24) is 10.2 Å². The minimum atomic E-state index is 0.0428. The largest absolute Gasteiger partial charge is 0.373 e. The molecule has 0 saturated carbocycles. The number of halogens is 1. The van der Waals surface area contributed by atoms with E-state index in [1.165, 1.54) is 0 Å².